The van der Waals surface area contributed by atoms with Gasteiger partial charge in [-0.1, -0.05) is 18.2 Å². The topological polar surface area (TPSA) is 40.2 Å². The molecule has 1 aromatic carbocycles. The van der Waals surface area contributed by atoms with Gasteiger partial charge in [0.25, 0.3) is 0 Å². The van der Waals surface area contributed by atoms with Gasteiger partial charge in [0.2, 0.25) is 0 Å². The van der Waals surface area contributed by atoms with Crippen molar-refractivity contribution in [2.45, 2.75) is 26.3 Å². The van der Waals surface area contributed by atoms with Gasteiger partial charge >= 0.3 is 0 Å². The zero-order chi connectivity index (χ0) is 16.1. The molecule has 2 aromatic rings. The van der Waals surface area contributed by atoms with Crippen LogP contribution < -0.4 is 15.5 Å². The highest BCUT2D eigenvalue weighted by molar-refractivity contribution is 7.80. The number of nitrogens with one attached hydrogen (secondary N) is 2. The Balaban J connectivity index is 1.50. The Morgan fingerprint density at radius 2 is 1.87 bits per heavy atom. The van der Waals surface area contributed by atoms with Crippen LogP contribution in [0, 0.1) is 6.92 Å². The third kappa shape index (κ3) is 4.42. The second-order valence-corrected chi connectivity index (χ2v) is 6.24. The van der Waals surface area contributed by atoms with E-state index < -0.39 is 0 Å². The summed E-state index contributed by atoms with van der Waals surface area (Å²) in [6.45, 7) is 5.02. The summed E-state index contributed by atoms with van der Waals surface area (Å²) in [5.41, 5.74) is 3.50. The van der Waals surface area contributed by atoms with Gasteiger partial charge in [0, 0.05) is 31.0 Å². The Bertz CT molecular complexity index is 663. The summed E-state index contributed by atoms with van der Waals surface area (Å²) in [5.74, 6) is 0.770. The molecule has 2 heterocycles. The minimum absolute atomic E-state index is 0.590. The first kappa shape index (κ1) is 15.7. The fourth-order valence-corrected chi connectivity index (χ4v) is 2.93. The van der Waals surface area contributed by atoms with E-state index in [0.29, 0.717) is 11.7 Å². The second-order valence-electron chi connectivity index (χ2n) is 5.83. The van der Waals surface area contributed by atoms with Crippen molar-refractivity contribution >= 4 is 28.8 Å². The minimum atomic E-state index is 0.590. The van der Waals surface area contributed by atoms with E-state index >= 15 is 0 Å². The van der Waals surface area contributed by atoms with Crippen LogP contribution in [-0.2, 0) is 6.54 Å². The van der Waals surface area contributed by atoms with Crippen molar-refractivity contribution in [1.82, 2.24) is 10.3 Å². The molecule has 2 N–H and O–H groups in total. The number of pyridine rings is 1. The van der Waals surface area contributed by atoms with E-state index in [2.05, 4.69) is 44.8 Å². The van der Waals surface area contributed by atoms with E-state index in [1.807, 2.05) is 25.1 Å². The molecule has 23 heavy (non-hydrogen) atoms. The SMILES string of the molecule is Cc1cccc(NC(=S)NCc2ccc(N3CCCC3)cc2)n1. The third-order valence-electron chi connectivity index (χ3n) is 3.99. The van der Waals surface area contributed by atoms with Crippen molar-refractivity contribution < 1.29 is 0 Å². The molecule has 0 spiro atoms. The summed E-state index contributed by atoms with van der Waals surface area (Å²) in [6.07, 6.45) is 2.60. The number of benzene rings is 1. The Hall–Kier alpha value is -2.14. The Labute approximate surface area is 142 Å². The van der Waals surface area contributed by atoms with Crippen LogP contribution >= 0.6 is 12.2 Å². The van der Waals surface area contributed by atoms with E-state index in [1.54, 1.807) is 0 Å². The first-order valence-electron chi connectivity index (χ1n) is 8.03. The number of thiocarbonyl (C=S) groups is 1. The van der Waals surface area contributed by atoms with Gasteiger partial charge in [0.15, 0.2) is 5.11 Å². The van der Waals surface area contributed by atoms with E-state index in [4.69, 9.17) is 12.2 Å². The summed E-state index contributed by atoms with van der Waals surface area (Å²) in [6, 6.07) is 14.5. The first-order valence-corrected chi connectivity index (χ1v) is 8.44. The highest BCUT2D eigenvalue weighted by atomic mass is 32.1. The van der Waals surface area contributed by atoms with Crippen molar-refractivity contribution in [2.24, 2.45) is 0 Å². The maximum atomic E-state index is 5.32. The lowest BCUT2D eigenvalue weighted by Crippen LogP contribution is -2.28. The highest BCUT2D eigenvalue weighted by Gasteiger charge is 2.11. The van der Waals surface area contributed by atoms with Crippen molar-refractivity contribution in [3.63, 3.8) is 0 Å². The molecule has 3 rings (SSSR count). The maximum Gasteiger partial charge on any atom is 0.172 e. The lowest BCUT2D eigenvalue weighted by Gasteiger charge is -2.18. The lowest BCUT2D eigenvalue weighted by atomic mass is 10.2. The van der Waals surface area contributed by atoms with Gasteiger partial charge < -0.3 is 15.5 Å². The van der Waals surface area contributed by atoms with Crippen molar-refractivity contribution in [2.75, 3.05) is 23.3 Å². The second kappa shape index (κ2) is 7.42. The van der Waals surface area contributed by atoms with E-state index in [1.165, 1.54) is 37.2 Å². The molecule has 1 aliphatic rings. The van der Waals surface area contributed by atoms with Crippen LogP contribution in [0.1, 0.15) is 24.1 Å². The smallest absolute Gasteiger partial charge is 0.172 e. The van der Waals surface area contributed by atoms with E-state index in [9.17, 15) is 0 Å². The third-order valence-corrected chi connectivity index (χ3v) is 4.24. The molecule has 0 bridgehead atoms. The number of aryl methyl sites for hydroxylation is 1. The van der Waals surface area contributed by atoms with Gasteiger partial charge in [0.05, 0.1) is 0 Å². The summed E-state index contributed by atoms with van der Waals surface area (Å²) < 4.78 is 0. The van der Waals surface area contributed by atoms with Crippen LogP contribution in [-0.4, -0.2) is 23.2 Å². The van der Waals surface area contributed by atoms with Crippen molar-refractivity contribution in [3.8, 4) is 0 Å². The molecule has 0 atom stereocenters. The van der Waals surface area contributed by atoms with Gasteiger partial charge in [-0.25, -0.2) is 4.98 Å². The van der Waals surface area contributed by atoms with Crippen molar-refractivity contribution in [1.29, 1.82) is 0 Å². The molecule has 4 nitrogen and oxygen atoms in total. The van der Waals surface area contributed by atoms with E-state index in [-0.39, 0.29) is 0 Å². The predicted octanol–water partition coefficient (Wildman–Crippen LogP) is 3.48. The van der Waals surface area contributed by atoms with Crippen LogP contribution in [0.25, 0.3) is 0 Å². The Kier molecular flexibility index (Phi) is 5.08. The summed E-state index contributed by atoms with van der Waals surface area (Å²) in [7, 11) is 0. The molecule has 0 radical (unpaired) electrons. The van der Waals surface area contributed by atoms with Gasteiger partial charge in [0.1, 0.15) is 5.82 Å². The molecule has 0 unspecified atom stereocenters. The highest BCUT2D eigenvalue weighted by Crippen LogP contribution is 2.20. The zero-order valence-corrected chi connectivity index (χ0v) is 14.2. The monoisotopic (exact) mass is 326 g/mol. The van der Waals surface area contributed by atoms with Crippen LogP contribution in [0.3, 0.4) is 0 Å². The molecule has 1 saturated heterocycles. The quantitative estimate of drug-likeness (QED) is 0.842. The number of aromatic nitrogens is 1. The average Bonchev–Trinajstić information content (AvgIpc) is 3.08. The van der Waals surface area contributed by atoms with Crippen molar-refractivity contribution in [3.05, 3.63) is 53.7 Å². The maximum absolute atomic E-state index is 5.32. The molecule has 0 amide bonds. The minimum Gasteiger partial charge on any atom is -0.372 e. The van der Waals surface area contributed by atoms with Crippen LogP contribution in [0.2, 0.25) is 0 Å². The number of nitrogens with zero attached hydrogens (tertiary/aromatic N) is 2. The Morgan fingerprint density at radius 1 is 1.13 bits per heavy atom. The van der Waals surface area contributed by atoms with Gasteiger partial charge in [-0.05, 0) is 61.8 Å². The molecule has 120 valence electrons. The number of rotatable bonds is 4. The standard InChI is InChI=1S/C18H22N4S/c1-14-5-4-6-17(20-14)21-18(23)19-13-15-7-9-16(10-8-15)22-11-2-3-12-22/h4-10H,2-3,11-13H2,1H3,(H2,19,20,21,23). The summed E-state index contributed by atoms with van der Waals surface area (Å²) in [4.78, 5) is 6.82. The van der Waals surface area contributed by atoms with Gasteiger partial charge in [-0.15, -0.1) is 0 Å². The lowest BCUT2D eigenvalue weighted by molar-refractivity contribution is 0.920. The average molecular weight is 326 g/mol. The molecule has 1 fully saturated rings. The molecule has 0 saturated carbocycles. The van der Waals surface area contributed by atoms with Crippen LogP contribution in [0.15, 0.2) is 42.5 Å². The molecule has 0 aliphatic carbocycles. The largest absolute Gasteiger partial charge is 0.372 e. The molecule has 1 aromatic heterocycles. The number of hydrogen-bond acceptors (Lipinski definition) is 3. The van der Waals surface area contributed by atoms with Crippen LogP contribution in [0.4, 0.5) is 11.5 Å². The molecule has 1 aliphatic heterocycles. The molecule has 5 heteroatoms. The number of anilines is 2. The molecular weight excluding hydrogens is 304 g/mol. The zero-order valence-electron chi connectivity index (χ0n) is 13.4. The number of hydrogen-bond donors (Lipinski definition) is 2. The predicted molar refractivity (Wildman–Crippen MR) is 99.9 cm³/mol. The summed E-state index contributed by atoms with van der Waals surface area (Å²) in [5, 5.41) is 6.92. The first-order chi connectivity index (χ1) is 11.2. The molecular formula is C18H22N4S. The fraction of sp³-hybridized carbons (Fsp3) is 0.333. The van der Waals surface area contributed by atoms with Gasteiger partial charge in [-0.3, -0.25) is 0 Å². The van der Waals surface area contributed by atoms with E-state index in [0.717, 1.165) is 11.5 Å². The Morgan fingerprint density at radius 3 is 2.57 bits per heavy atom. The van der Waals surface area contributed by atoms with Crippen LogP contribution in [0.5, 0.6) is 0 Å². The normalized spacial score (nSPS) is 13.9. The fourth-order valence-electron chi connectivity index (χ4n) is 2.76. The van der Waals surface area contributed by atoms with Gasteiger partial charge in [-0.2, -0.15) is 0 Å². The summed E-state index contributed by atoms with van der Waals surface area (Å²) >= 11 is 5.32.